The van der Waals surface area contributed by atoms with E-state index in [2.05, 4.69) is 10.1 Å². The monoisotopic (exact) mass is 281 g/mol. The van der Waals surface area contributed by atoms with Crippen molar-refractivity contribution in [2.24, 2.45) is 0 Å². The lowest BCUT2D eigenvalue weighted by Gasteiger charge is -1.97. The fourth-order valence-corrected chi connectivity index (χ4v) is 1.99. The molecular formula is C12H9F2N3OS. The zero-order chi connectivity index (χ0) is 13.7. The van der Waals surface area contributed by atoms with Crippen molar-refractivity contribution in [3.8, 4) is 6.07 Å². The summed E-state index contributed by atoms with van der Waals surface area (Å²) in [4.78, 5) is 4.08. The molecule has 0 radical (unpaired) electrons. The first-order valence-electron chi connectivity index (χ1n) is 5.38. The predicted octanol–water partition coefficient (Wildman–Crippen LogP) is 2.70. The minimum Gasteiger partial charge on any atom is -0.338 e. The third-order valence-electron chi connectivity index (χ3n) is 2.19. The maximum atomic E-state index is 13.0. The van der Waals surface area contributed by atoms with E-state index in [0.717, 1.165) is 6.07 Å². The van der Waals surface area contributed by atoms with Gasteiger partial charge >= 0.3 is 0 Å². The van der Waals surface area contributed by atoms with Crippen molar-refractivity contribution in [1.29, 1.82) is 5.26 Å². The average Bonchev–Trinajstić information content (AvgIpc) is 2.76. The molecular weight excluding hydrogens is 272 g/mol. The highest BCUT2D eigenvalue weighted by molar-refractivity contribution is 7.98. The lowest BCUT2D eigenvalue weighted by molar-refractivity contribution is 0.386. The van der Waals surface area contributed by atoms with E-state index in [-0.39, 0.29) is 6.42 Å². The number of nitriles is 1. The van der Waals surface area contributed by atoms with Gasteiger partial charge < -0.3 is 4.52 Å². The molecule has 7 heteroatoms. The second-order valence-corrected chi connectivity index (χ2v) is 4.70. The molecule has 2 rings (SSSR count). The van der Waals surface area contributed by atoms with Gasteiger partial charge in [0, 0.05) is 12.5 Å². The van der Waals surface area contributed by atoms with Crippen molar-refractivity contribution in [3.05, 3.63) is 47.1 Å². The quantitative estimate of drug-likeness (QED) is 0.788. The fraction of sp³-hybridized carbons (Fsp3) is 0.250. The van der Waals surface area contributed by atoms with Crippen molar-refractivity contribution in [2.75, 3.05) is 5.75 Å². The Hall–Kier alpha value is -1.94. The van der Waals surface area contributed by atoms with Crippen LogP contribution in [-0.4, -0.2) is 15.9 Å². The summed E-state index contributed by atoms with van der Waals surface area (Å²) >= 11 is 1.35. The molecule has 1 aromatic heterocycles. The molecule has 0 N–H and O–H groups in total. The van der Waals surface area contributed by atoms with Gasteiger partial charge in [0.15, 0.2) is 5.82 Å². The first-order valence-corrected chi connectivity index (χ1v) is 6.54. The Bertz CT molecular complexity index is 589. The van der Waals surface area contributed by atoms with E-state index < -0.39 is 11.6 Å². The van der Waals surface area contributed by atoms with Gasteiger partial charge in [-0.05, 0) is 17.7 Å². The highest BCUT2D eigenvalue weighted by Crippen LogP contribution is 2.14. The van der Waals surface area contributed by atoms with E-state index in [0.29, 0.717) is 28.8 Å². The van der Waals surface area contributed by atoms with E-state index in [1.54, 1.807) is 0 Å². The van der Waals surface area contributed by atoms with Crippen molar-refractivity contribution in [2.45, 2.75) is 12.2 Å². The Kier molecular flexibility index (Phi) is 4.47. The zero-order valence-electron chi connectivity index (χ0n) is 9.77. The highest BCUT2D eigenvalue weighted by atomic mass is 32.2. The SMILES string of the molecule is N#CCSCc1nc(Cc2cc(F)cc(F)c2)no1. The summed E-state index contributed by atoms with van der Waals surface area (Å²) in [6.45, 7) is 0. The summed E-state index contributed by atoms with van der Waals surface area (Å²) in [6, 6.07) is 5.25. The van der Waals surface area contributed by atoms with Crippen molar-refractivity contribution < 1.29 is 13.3 Å². The summed E-state index contributed by atoms with van der Waals surface area (Å²) in [6.07, 6.45) is 0.196. The second-order valence-electron chi connectivity index (χ2n) is 3.71. The van der Waals surface area contributed by atoms with Crippen LogP contribution in [0.2, 0.25) is 0 Å². The molecule has 0 aliphatic rings. The van der Waals surface area contributed by atoms with Gasteiger partial charge in [0.05, 0.1) is 17.6 Å². The number of hydrogen-bond acceptors (Lipinski definition) is 5. The molecule has 0 amide bonds. The summed E-state index contributed by atoms with van der Waals surface area (Å²) < 4.78 is 31.0. The molecule has 1 aromatic carbocycles. The summed E-state index contributed by atoms with van der Waals surface area (Å²) in [5.41, 5.74) is 0.439. The Morgan fingerprint density at radius 2 is 2.00 bits per heavy atom. The molecule has 0 saturated heterocycles. The minimum atomic E-state index is -0.636. The number of halogens is 2. The van der Waals surface area contributed by atoms with Gasteiger partial charge in [-0.2, -0.15) is 10.2 Å². The van der Waals surface area contributed by atoms with Gasteiger partial charge in [0.2, 0.25) is 5.89 Å². The number of aromatic nitrogens is 2. The predicted molar refractivity (Wildman–Crippen MR) is 65.2 cm³/mol. The molecule has 98 valence electrons. The second kappa shape index (κ2) is 6.29. The smallest absolute Gasteiger partial charge is 0.236 e. The maximum Gasteiger partial charge on any atom is 0.236 e. The Morgan fingerprint density at radius 1 is 1.26 bits per heavy atom. The number of nitrogens with zero attached hydrogens (tertiary/aromatic N) is 3. The molecule has 4 nitrogen and oxygen atoms in total. The topological polar surface area (TPSA) is 62.7 Å². The van der Waals surface area contributed by atoms with Crippen LogP contribution >= 0.6 is 11.8 Å². The molecule has 2 aromatic rings. The Labute approximate surface area is 112 Å². The van der Waals surface area contributed by atoms with Crippen LogP contribution in [0, 0.1) is 23.0 Å². The average molecular weight is 281 g/mol. The van der Waals surface area contributed by atoms with Crippen LogP contribution in [0.4, 0.5) is 8.78 Å². The molecule has 0 saturated carbocycles. The fourth-order valence-electron chi connectivity index (χ4n) is 1.50. The number of thioether (sulfide) groups is 1. The lowest BCUT2D eigenvalue weighted by atomic mass is 10.1. The van der Waals surface area contributed by atoms with Gasteiger partial charge in [-0.3, -0.25) is 0 Å². The Morgan fingerprint density at radius 3 is 2.68 bits per heavy atom. The van der Waals surface area contributed by atoms with Gasteiger partial charge in [0.1, 0.15) is 11.6 Å². The van der Waals surface area contributed by atoms with E-state index >= 15 is 0 Å². The van der Waals surface area contributed by atoms with Gasteiger partial charge in [-0.25, -0.2) is 8.78 Å². The van der Waals surface area contributed by atoms with Crippen LogP contribution in [0.15, 0.2) is 22.7 Å². The largest absolute Gasteiger partial charge is 0.338 e. The van der Waals surface area contributed by atoms with E-state index in [9.17, 15) is 8.78 Å². The minimum absolute atomic E-state index is 0.196. The van der Waals surface area contributed by atoms with Crippen LogP contribution in [-0.2, 0) is 12.2 Å². The van der Waals surface area contributed by atoms with E-state index in [1.165, 1.54) is 23.9 Å². The maximum absolute atomic E-state index is 13.0. The van der Waals surface area contributed by atoms with Gasteiger partial charge in [-0.1, -0.05) is 5.16 Å². The first-order chi connectivity index (χ1) is 9.17. The number of benzene rings is 1. The van der Waals surface area contributed by atoms with Crippen molar-refractivity contribution >= 4 is 11.8 Å². The van der Waals surface area contributed by atoms with Crippen molar-refractivity contribution in [1.82, 2.24) is 10.1 Å². The lowest BCUT2D eigenvalue weighted by Crippen LogP contribution is -1.93. The van der Waals surface area contributed by atoms with Gasteiger partial charge in [0.25, 0.3) is 0 Å². The van der Waals surface area contributed by atoms with Gasteiger partial charge in [-0.15, -0.1) is 11.8 Å². The molecule has 0 aliphatic heterocycles. The normalized spacial score (nSPS) is 10.4. The summed E-state index contributed by atoms with van der Waals surface area (Å²) in [5.74, 6) is 0.265. The van der Waals surface area contributed by atoms with E-state index in [4.69, 9.17) is 9.78 Å². The van der Waals surface area contributed by atoms with Crippen LogP contribution in [0.25, 0.3) is 0 Å². The molecule has 0 aliphatic carbocycles. The van der Waals surface area contributed by atoms with Crippen LogP contribution in [0.5, 0.6) is 0 Å². The zero-order valence-corrected chi connectivity index (χ0v) is 10.6. The standard InChI is InChI=1S/C12H9F2N3OS/c13-9-3-8(4-10(14)6-9)5-11-16-12(18-17-11)7-19-2-1-15/h3-4,6H,2,5,7H2. The molecule has 0 bridgehead atoms. The van der Waals surface area contributed by atoms with E-state index in [1.807, 2.05) is 6.07 Å². The number of rotatable bonds is 5. The Balaban J connectivity index is 2.01. The van der Waals surface area contributed by atoms with Crippen molar-refractivity contribution in [3.63, 3.8) is 0 Å². The molecule has 1 heterocycles. The molecule has 0 spiro atoms. The first kappa shape index (κ1) is 13.5. The molecule has 0 fully saturated rings. The third kappa shape index (κ3) is 4.03. The molecule has 19 heavy (non-hydrogen) atoms. The highest BCUT2D eigenvalue weighted by Gasteiger charge is 2.09. The summed E-state index contributed by atoms with van der Waals surface area (Å²) in [7, 11) is 0. The summed E-state index contributed by atoms with van der Waals surface area (Å²) in [5, 5.41) is 12.1. The van der Waals surface area contributed by atoms with Crippen LogP contribution < -0.4 is 0 Å². The third-order valence-corrected chi connectivity index (χ3v) is 2.97. The molecule has 0 atom stereocenters. The number of hydrogen-bond donors (Lipinski definition) is 0. The molecule has 0 unspecified atom stereocenters. The van der Waals surface area contributed by atoms with Crippen LogP contribution in [0.1, 0.15) is 17.3 Å². The van der Waals surface area contributed by atoms with Crippen LogP contribution in [0.3, 0.4) is 0 Å².